The van der Waals surface area contributed by atoms with Crippen LogP contribution in [0, 0.1) is 0 Å². The molecule has 138 valence electrons. The normalized spacial score (nSPS) is 16.3. The summed E-state index contributed by atoms with van der Waals surface area (Å²) in [4.78, 5) is 27.3. The molecule has 1 atom stereocenters. The van der Waals surface area contributed by atoms with E-state index in [4.69, 9.17) is 4.74 Å². The van der Waals surface area contributed by atoms with Crippen LogP contribution in [0.2, 0.25) is 0 Å². The highest BCUT2D eigenvalue weighted by Crippen LogP contribution is 2.18. The van der Waals surface area contributed by atoms with E-state index in [2.05, 4.69) is 11.4 Å². The number of anilines is 1. The topological polar surface area (TPSA) is 63.1 Å². The van der Waals surface area contributed by atoms with Crippen LogP contribution in [-0.4, -0.2) is 55.7 Å². The van der Waals surface area contributed by atoms with Crippen molar-refractivity contribution >= 4 is 28.5 Å². The van der Waals surface area contributed by atoms with Crippen LogP contribution in [-0.2, 0) is 9.53 Å². The van der Waals surface area contributed by atoms with Gasteiger partial charge in [0, 0.05) is 5.69 Å². The summed E-state index contributed by atoms with van der Waals surface area (Å²) in [5.41, 5.74) is 0.810. The Morgan fingerprint density at radius 3 is 2.54 bits per heavy atom. The van der Waals surface area contributed by atoms with Gasteiger partial charge in [0.1, 0.15) is 0 Å². The van der Waals surface area contributed by atoms with Gasteiger partial charge in [-0.05, 0) is 36.8 Å². The summed E-state index contributed by atoms with van der Waals surface area (Å²) >= 11 is 0. The SMILES string of the molecule is CCOC(=O)N1CC[NH+]([C@@H](C)C(=O)Nc2ccc3ccccc3c2)CC1. The lowest BCUT2D eigenvalue weighted by Gasteiger charge is -2.34. The van der Waals surface area contributed by atoms with E-state index in [1.807, 2.05) is 43.3 Å². The van der Waals surface area contributed by atoms with E-state index >= 15 is 0 Å². The molecule has 0 aliphatic carbocycles. The predicted octanol–water partition coefficient (Wildman–Crippen LogP) is 1.52. The van der Waals surface area contributed by atoms with Gasteiger partial charge in [0.25, 0.3) is 5.91 Å². The first-order chi connectivity index (χ1) is 12.6. The van der Waals surface area contributed by atoms with Crippen LogP contribution in [0.5, 0.6) is 0 Å². The van der Waals surface area contributed by atoms with Crippen molar-refractivity contribution in [3.05, 3.63) is 42.5 Å². The number of fused-ring (bicyclic) bond motifs is 1. The average Bonchev–Trinajstić information content (AvgIpc) is 2.67. The van der Waals surface area contributed by atoms with E-state index in [1.165, 1.54) is 4.90 Å². The third-order valence-corrected chi connectivity index (χ3v) is 4.95. The molecule has 0 spiro atoms. The van der Waals surface area contributed by atoms with Gasteiger partial charge in [-0.1, -0.05) is 30.3 Å². The van der Waals surface area contributed by atoms with Crippen molar-refractivity contribution in [3.8, 4) is 0 Å². The Balaban J connectivity index is 1.57. The number of piperazine rings is 1. The largest absolute Gasteiger partial charge is 0.450 e. The third kappa shape index (κ3) is 4.14. The van der Waals surface area contributed by atoms with Gasteiger partial charge in [-0.3, -0.25) is 9.69 Å². The summed E-state index contributed by atoms with van der Waals surface area (Å²) in [6, 6.07) is 13.8. The molecule has 26 heavy (non-hydrogen) atoms. The second kappa shape index (κ2) is 8.19. The Kier molecular flexibility index (Phi) is 5.73. The average molecular weight is 356 g/mol. The zero-order valence-electron chi connectivity index (χ0n) is 15.3. The number of ether oxygens (including phenoxy) is 1. The number of quaternary nitrogens is 1. The number of nitrogens with zero attached hydrogens (tertiary/aromatic N) is 1. The van der Waals surface area contributed by atoms with Crippen molar-refractivity contribution in [1.29, 1.82) is 0 Å². The smallest absolute Gasteiger partial charge is 0.410 e. The van der Waals surface area contributed by atoms with Crippen LogP contribution in [0.25, 0.3) is 10.8 Å². The molecular weight excluding hydrogens is 330 g/mol. The van der Waals surface area contributed by atoms with Crippen molar-refractivity contribution in [2.24, 2.45) is 0 Å². The van der Waals surface area contributed by atoms with Gasteiger partial charge < -0.3 is 15.0 Å². The summed E-state index contributed by atoms with van der Waals surface area (Å²) in [6.07, 6.45) is -0.264. The van der Waals surface area contributed by atoms with Crippen LogP contribution in [0.15, 0.2) is 42.5 Å². The molecule has 1 aliphatic rings. The summed E-state index contributed by atoms with van der Waals surface area (Å²) in [7, 11) is 0. The maximum atomic E-state index is 12.6. The molecule has 0 unspecified atom stereocenters. The van der Waals surface area contributed by atoms with Crippen LogP contribution >= 0.6 is 0 Å². The maximum Gasteiger partial charge on any atom is 0.410 e. The lowest BCUT2D eigenvalue weighted by Crippen LogP contribution is -3.19. The second-order valence-electron chi connectivity index (χ2n) is 6.62. The molecule has 0 aromatic heterocycles. The van der Waals surface area contributed by atoms with E-state index in [9.17, 15) is 9.59 Å². The molecule has 2 aromatic rings. The molecular formula is C20H26N3O3+. The minimum absolute atomic E-state index is 0.000124. The fourth-order valence-electron chi connectivity index (χ4n) is 3.33. The zero-order valence-corrected chi connectivity index (χ0v) is 15.3. The first kappa shape index (κ1) is 18.2. The van der Waals surface area contributed by atoms with E-state index in [0.29, 0.717) is 19.7 Å². The minimum atomic E-state index is -0.264. The number of carbonyl (C=O) groups excluding carboxylic acids is 2. The predicted molar refractivity (Wildman–Crippen MR) is 101 cm³/mol. The van der Waals surface area contributed by atoms with Gasteiger partial charge in [0.05, 0.1) is 32.8 Å². The molecule has 6 nitrogen and oxygen atoms in total. The summed E-state index contributed by atoms with van der Waals surface area (Å²) in [5, 5.41) is 5.28. The zero-order chi connectivity index (χ0) is 18.5. The van der Waals surface area contributed by atoms with Crippen molar-refractivity contribution in [2.75, 3.05) is 38.1 Å². The molecule has 2 aromatic carbocycles. The molecule has 1 saturated heterocycles. The molecule has 3 rings (SSSR count). The Hall–Kier alpha value is -2.60. The number of benzene rings is 2. The fraction of sp³-hybridized carbons (Fsp3) is 0.400. The van der Waals surface area contributed by atoms with Crippen LogP contribution in [0.3, 0.4) is 0 Å². The Bertz CT molecular complexity index is 785. The molecule has 2 amide bonds. The molecule has 0 saturated carbocycles. The van der Waals surface area contributed by atoms with Crippen molar-refractivity contribution in [2.45, 2.75) is 19.9 Å². The van der Waals surface area contributed by atoms with E-state index in [-0.39, 0.29) is 18.0 Å². The summed E-state index contributed by atoms with van der Waals surface area (Å²) in [5.74, 6) is -0.000124. The maximum absolute atomic E-state index is 12.6. The Morgan fingerprint density at radius 1 is 1.15 bits per heavy atom. The highest BCUT2D eigenvalue weighted by Gasteiger charge is 2.31. The van der Waals surface area contributed by atoms with Gasteiger partial charge in [-0.25, -0.2) is 4.79 Å². The van der Waals surface area contributed by atoms with Crippen molar-refractivity contribution in [3.63, 3.8) is 0 Å². The van der Waals surface area contributed by atoms with Gasteiger partial charge in [0.15, 0.2) is 6.04 Å². The lowest BCUT2D eigenvalue weighted by atomic mass is 10.1. The van der Waals surface area contributed by atoms with Crippen molar-refractivity contribution < 1.29 is 19.2 Å². The third-order valence-electron chi connectivity index (χ3n) is 4.95. The quantitative estimate of drug-likeness (QED) is 0.873. The molecule has 1 heterocycles. The second-order valence-corrected chi connectivity index (χ2v) is 6.62. The van der Waals surface area contributed by atoms with Crippen LogP contribution in [0.1, 0.15) is 13.8 Å². The van der Waals surface area contributed by atoms with E-state index in [0.717, 1.165) is 29.5 Å². The minimum Gasteiger partial charge on any atom is -0.450 e. The number of hydrogen-bond donors (Lipinski definition) is 2. The van der Waals surface area contributed by atoms with Gasteiger partial charge in [-0.15, -0.1) is 0 Å². The van der Waals surface area contributed by atoms with Gasteiger partial charge in [-0.2, -0.15) is 0 Å². The fourth-order valence-corrected chi connectivity index (χ4v) is 3.33. The highest BCUT2D eigenvalue weighted by atomic mass is 16.6. The first-order valence-electron chi connectivity index (χ1n) is 9.14. The summed E-state index contributed by atoms with van der Waals surface area (Å²) in [6.45, 7) is 6.83. The van der Waals surface area contributed by atoms with E-state index < -0.39 is 0 Å². The van der Waals surface area contributed by atoms with Crippen LogP contribution < -0.4 is 10.2 Å². The lowest BCUT2D eigenvalue weighted by molar-refractivity contribution is -0.917. The Morgan fingerprint density at radius 2 is 1.85 bits per heavy atom. The summed E-state index contributed by atoms with van der Waals surface area (Å²) < 4.78 is 5.04. The molecule has 2 N–H and O–H groups in total. The first-order valence-corrected chi connectivity index (χ1v) is 9.14. The van der Waals surface area contributed by atoms with Gasteiger partial charge >= 0.3 is 6.09 Å². The molecule has 6 heteroatoms. The number of carbonyl (C=O) groups is 2. The highest BCUT2D eigenvalue weighted by molar-refractivity contribution is 5.96. The number of nitrogens with one attached hydrogen (secondary N) is 2. The number of rotatable bonds is 4. The molecule has 1 aliphatic heterocycles. The van der Waals surface area contributed by atoms with E-state index in [1.54, 1.807) is 11.8 Å². The molecule has 0 radical (unpaired) electrons. The van der Waals surface area contributed by atoms with Crippen LogP contribution in [0.4, 0.5) is 10.5 Å². The molecule has 1 fully saturated rings. The van der Waals surface area contributed by atoms with Crippen molar-refractivity contribution in [1.82, 2.24) is 4.90 Å². The number of hydrogen-bond acceptors (Lipinski definition) is 3. The monoisotopic (exact) mass is 356 g/mol. The molecule has 0 bridgehead atoms. The standard InChI is InChI=1S/C20H25N3O3/c1-3-26-20(25)23-12-10-22(11-13-23)15(2)19(24)21-18-9-8-16-6-4-5-7-17(16)14-18/h4-9,14-15H,3,10-13H2,1-2H3,(H,21,24)/p+1/t15-/m0/s1. The number of amides is 2. The van der Waals surface area contributed by atoms with Gasteiger partial charge in [0.2, 0.25) is 0 Å². The Labute approximate surface area is 153 Å².